The Kier molecular flexibility index (Phi) is 6.10. The molecule has 0 saturated carbocycles. The SMILES string of the molecule is C#Cc1ccccc1C[C@@H](CCC)[C@H](C)c1ccc(Cl)cc1. The molecule has 0 fully saturated rings. The second-order valence-electron chi connectivity index (χ2n) is 5.89. The van der Waals surface area contributed by atoms with Gasteiger partial charge >= 0.3 is 0 Å². The van der Waals surface area contributed by atoms with E-state index in [1.807, 2.05) is 24.3 Å². The molecule has 0 nitrogen and oxygen atoms in total. The maximum absolute atomic E-state index is 6.00. The Morgan fingerprint density at radius 3 is 2.41 bits per heavy atom. The molecule has 2 atom stereocenters. The molecule has 114 valence electrons. The summed E-state index contributed by atoms with van der Waals surface area (Å²) in [6.45, 7) is 4.55. The first kappa shape index (κ1) is 16.7. The first-order valence-corrected chi connectivity index (χ1v) is 8.33. The fourth-order valence-corrected chi connectivity index (χ4v) is 3.19. The molecule has 0 saturated heterocycles. The zero-order valence-electron chi connectivity index (χ0n) is 13.4. The Morgan fingerprint density at radius 1 is 1.09 bits per heavy atom. The quantitative estimate of drug-likeness (QED) is 0.567. The number of hydrogen-bond acceptors (Lipinski definition) is 0. The number of halogens is 1. The molecule has 2 rings (SSSR count). The van der Waals surface area contributed by atoms with Gasteiger partial charge < -0.3 is 0 Å². The molecule has 0 aliphatic heterocycles. The second kappa shape index (κ2) is 8.06. The lowest BCUT2D eigenvalue weighted by molar-refractivity contribution is 0.408. The van der Waals surface area contributed by atoms with E-state index in [0.29, 0.717) is 11.8 Å². The highest BCUT2D eigenvalue weighted by molar-refractivity contribution is 6.30. The Hall–Kier alpha value is -1.71. The summed E-state index contributed by atoms with van der Waals surface area (Å²) in [5.74, 6) is 3.88. The van der Waals surface area contributed by atoms with Crippen molar-refractivity contribution in [2.45, 2.75) is 39.0 Å². The molecule has 0 N–H and O–H groups in total. The minimum atomic E-state index is 0.489. The van der Waals surface area contributed by atoms with Crippen molar-refractivity contribution in [3.8, 4) is 12.3 Å². The van der Waals surface area contributed by atoms with Crippen LogP contribution in [-0.4, -0.2) is 0 Å². The van der Waals surface area contributed by atoms with Gasteiger partial charge in [-0.1, -0.05) is 68.1 Å². The fraction of sp³-hybridized carbons (Fsp3) is 0.333. The van der Waals surface area contributed by atoms with E-state index >= 15 is 0 Å². The summed E-state index contributed by atoms with van der Waals surface area (Å²) in [4.78, 5) is 0. The van der Waals surface area contributed by atoms with Crippen LogP contribution in [0.3, 0.4) is 0 Å². The van der Waals surface area contributed by atoms with Crippen LogP contribution in [0.25, 0.3) is 0 Å². The molecule has 0 aromatic heterocycles. The van der Waals surface area contributed by atoms with Crippen LogP contribution in [0.1, 0.15) is 49.3 Å². The van der Waals surface area contributed by atoms with E-state index in [-0.39, 0.29) is 0 Å². The highest BCUT2D eigenvalue weighted by Crippen LogP contribution is 2.32. The minimum Gasteiger partial charge on any atom is -0.115 e. The predicted octanol–water partition coefficient (Wildman–Crippen LogP) is 6.08. The van der Waals surface area contributed by atoms with Gasteiger partial charge in [0.2, 0.25) is 0 Å². The molecule has 0 heterocycles. The summed E-state index contributed by atoms with van der Waals surface area (Å²) in [5.41, 5.74) is 3.65. The van der Waals surface area contributed by atoms with Crippen molar-refractivity contribution in [2.75, 3.05) is 0 Å². The summed E-state index contributed by atoms with van der Waals surface area (Å²) in [7, 11) is 0. The first-order valence-electron chi connectivity index (χ1n) is 7.95. The molecule has 0 spiro atoms. The van der Waals surface area contributed by atoms with E-state index in [0.717, 1.165) is 17.0 Å². The van der Waals surface area contributed by atoms with Crippen LogP contribution in [0.5, 0.6) is 0 Å². The van der Waals surface area contributed by atoms with Crippen molar-refractivity contribution in [1.29, 1.82) is 0 Å². The lowest BCUT2D eigenvalue weighted by atomic mass is 9.80. The van der Waals surface area contributed by atoms with Gasteiger partial charge in [-0.2, -0.15) is 0 Å². The van der Waals surface area contributed by atoms with Crippen LogP contribution in [0.2, 0.25) is 5.02 Å². The summed E-state index contributed by atoms with van der Waals surface area (Å²) in [6, 6.07) is 16.5. The Bertz CT molecular complexity index is 634. The normalized spacial score (nSPS) is 13.4. The lowest BCUT2D eigenvalue weighted by Crippen LogP contribution is -2.14. The molecular weight excluding hydrogens is 288 g/mol. The molecule has 0 bridgehead atoms. The smallest absolute Gasteiger partial charge is 0.0406 e. The van der Waals surface area contributed by atoms with Crippen molar-refractivity contribution in [3.63, 3.8) is 0 Å². The summed E-state index contributed by atoms with van der Waals surface area (Å²) >= 11 is 6.00. The molecule has 0 unspecified atom stereocenters. The van der Waals surface area contributed by atoms with Crippen molar-refractivity contribution in [1.82, 2.24) is 0 Å². The zero-order chi connectivity index (χ0) is 15.9. The molecule has 0 amide bonds. The Labute approximate surface area is 139 Å². The van der Waals surface area contributed by atoms with Crippen molar-refractivity contribution in [3.05, 3.63) is 70.2 Å². The topological polar surface area (TPSA) is 0 Å². The molecule has 0 radical (unpaired) electrons. The molecule has 2 aromatic rings. The molecule has 1 heteroatoms. The molecule has 0 aliphatic rings. The van der Waals surface area contributed by atoms with Crippen LogP contribution in [0.4, 0.5) is 0 Å². The minimum absolute atomic E-state index is 0.489. The maximum atomic E-state index is 6.00. The van der Waals surface area contributed by atoms with Gasteiger partial charge in [0.1, 0.15) is 0 Å². The Morgan fingerprint density at radius 2 is 1.77 bits per heavy atom. The standard InChI is InChI=1S/C21H23Cl/c1-4-8-19(15-20-10-7-6-9-17(20)5-2)16(3)18-11-13-21(22)14-12-18/h2,6-7,9-14,16,19H,4,8,15H2,1,3H3/t16-,19-/m1/s1. The third-order valence-electron chi connectivity index (χ3n) is 4.42. The Balaban J connectivity index is 2.22. The van der Waals surface area contributed by atoms with E-state index < -0.39 is 0 Å². The average molecular weight is 311 g/mol. The second-order valence-corrected chi connectivity index (χ2v) is 6.33. The average Bonchev–Trinajstić information content (AvgIpc) is 2.55. The van der Waals surface area contributed by atoms with Gasteiger partial charge in [0.05, 0.1) is 0 Å². The van der Waals surface area contributed by atoms with Crippen LogP contribution < -0.4 is 0 Å². The van der Waals surface area contributed by atoms with Crippen LogP contribution in [-0.2, 0) is 6.42 Å². The van der Waals surface area contributed by atoms with Crippen LogP contribution >= 0.6 is 11.6 Å². The number of benzene rings is 2. The highest BCUT2D eigenvalue weighted by atomic mass is 35.5. The van der Waals surface area contributed by atoms with Gasteiger partial charge in [-0.3, -0.25) is 0 Å². The van der Waals surface area contributed by atoms with Crippen LogP contribution in [0.15, 0.2) is 48.5 Å². The van der Waals surface area contributed by atoms with E-state index in [1.165, 1.54) is 24.0 Å². The molecular formula is C21H23Cl. The van der Waals surface area contributed by atoms with E-state index in [4.69, 9.17) is 18.0 Å². The van der Waals surface area contributed by atoms with Crippen molar-refractivity contribution < 1.29 is 0 Å². The maximum Gasteiger partial charge on any atom is 0.0406 e. The van der Waals surface area contributed by atoms with Gasteiger partial charge in [-0.05, 0) is 54.0 Å². The lowest BCUT2D eigenvalue weighted by Gasteiger charge is -2.25. The van der Waals surface area contributed by atoms with Gasteiger partial charge in [0.25, 0.3) is 0 Å². The first-order chi connectivity index (χ1) is 10.7. The summed E-state index contributed by atoms with van der Waals surface area (Å²) in [5, 5.41) is 0.792. The highest BCUT2D eigenvalue weighted by Gasteiger charge is 2.19. The monoisotopic (exact) mass is 310 g/mol. The van der Waals surface area contributed by atoms with E-state index in [9.17, 15) is 0 Å². The van der Waals surface area contributed by atoms with Gasteiger partial charge in [0.15, 0.2) is 0 Å². The van der Waals surface area contributed by atoms with Gasteiger partial charge in [-0.15, -0.1) is 6.42 Å². The predicted molar refractivity (Wildman–Crippen MR) is 96.3 cm³/mol. The molecule has 22 heavy (non-hydrogen) atoms. The summed E-state index contributed by atoms with van der Waals surface area (Å²) < 4.78 is 0. The molecule has 0 aliphatic carbocycles. The van der Waals surface area contributed by atoms with Gasteiger partial charge in [0, 0.05) is 10.6 Å². The number of hydrogen-bond donors (Lipinski definition) is 0. The third-order valence-corrected chi connectivity index (χ3v) is 4.67. The van der Waals surface area contributed by atoms with Gasteiger partial charge in [-0.25, -0.2) is 0 Å². The van der Waals surface area contributed by atoms with Crippen molar-refractivity contribution >= 4 is 11.6 Å². The van der Waals surface area contributed by atoms with E-state index in [2.05, 4.69) is 44.0 Å². The number of terminal acetylenes is 1. The third kappa shape index (κ3) is 4.15. The summed E-state index contributed by atoms with van der Waals surface area (Å²) in [6.07, 6.45) is 9.04. The van der Waals surface area contributed by atoms with E-state index in [1.54, 1.807) is 0 Å². The van der Waals surface area contributed by atoms with Crippen LogP contribution in [0, 0.1) is 18.3 Å². The zero-order valence-corrected chi connectivity index (χ0v) is 14.1. The fourth-order valence-electron chi connectivity index (χ4n) is 3.06. The van der Waals surface area contributed by atoms with Crippen molar-refractivity contribution in [2.24, 2.45) is 5.92 Å². The molecule has 2 aromatic carbocycles. The number of rotatable bonds is 6. The largest absolute Gasteiger partial charge is 0.115 e.